The molecule has 3 aromatic carbocycles. The minimum atomic E-state index is -0.460. The number of halogens is 1. The summed E-state index contributed by atoms with van der Waals surface area (Å²) in [5.41, 5.74) is 4.13. The molecule has 0 spiro atoms. The van der Waals surface area contributed by atoms with Crippen molar-refractivity contribution in [3.8, 4) is 11.5 Å². The number of anilines is 1. The van der Waals surface area contributed by atoms with Crippen LogP contribution in [0, 0.1) is 0 Å². The van der Waals surface area contributed by atoms with E-state index in [0.29, 0.717) is 17.1 Å². The maximum Gasteiger partial charge on any atom is 0.262 e. The first-order valence-corrected chi connectivity index (χ1v) is 9.81. The first kappa shape index (κ1) is 20.7. The van der Waals surface area contributed by atoms with Gasteiger partial charge in [0.2, 0.25) is 0 Å². The van der Waals surface area contributed by atoms with Gasteiger partial charge in [0.15, 0.2) is 0 Å². The average molecular weight is 456 g/mol. The molecule has 0 saturated carbocycles. The summed E-state index contributed by atoms with van der Waals surface area (Å²) in [6.45, 7) is 1.78. The van der Waals surface area contributed by atoms with Crippen LogP contribution in [0.25, 0.3) is 10.8 Å². The van der Waals surface area contributed by atoms with Gasteiger partial charge in [-0.25, -0.2) is 5.43 Å². The number of carbonyl (C=O) groups excluding carboxylic acids is 1. The lowest BCUT2D eigenvalue weighted by molar-refractivity contribution is -0.121. The quantitative estimate of drug-likeness (QED) is 0.404. The fraction of sp³-hybridized carbons (Fsp3) is 0.182. The molecule has 0 aromatic heterocycles. The first-order valence-electron chi connectivity index (χ1n) is 9.01. The summed E-state index contributed by atoms with van der Waals surface area (Å²) in [5, 5.41) is 9.51. The zero-order valence-corrected chi connectivity index (χ0v) is 18.0. The van der Waals surface area contributed by atoms with Gasteiger partial charge in [-0.1, -0.05) is 30.3 Å². The van der Waals surface area contributed by atoms with Crippen LogP contribution in [-0.4, -0.2) is 32.4 Å². The molecule has 3 aromatic rings. The Hall–Kier alpha value is -3.06. The molecular weight excluding hydrogens is 434 g/mol. The van der Waals surface area contributed by atoms with Crippen molar-refractivity contribution < 1.29 is 14.3 Å². The number of rotatable bonds is 7. The number of nitrogens with one attached hydrogen (secondary N) is 2. The summed E-state index contributed by atoms with van der Waals surface area (Å²) >= 11 is 3.43. The normalized spacial score (nSPS) is 12.0. The van der Waals surface area contributed by atoms with E-state index in [4.69, 9.17) is 9.47 Å². The third-order valence-corrected chi connectivity index (χ3v) is 5.03. The highest BCUT2D eigenvalue weighted by Gasteiger charge is 2.12. The van der Waals surface area contributed by atoms with E-state index in [9.17, 15) is 4.79 Å². The largest absolute Gasteiger partial charge is 0.496 e. The number of amides is 1. The van der Waals surface area contributed by atoms with E-state index in [2.05, 4.69) is 37.8 Å². The van der Waals surface area contributed by atoms with Gasteiger partial charge in [-0.3, -0.25) is 4.79 Å². The van der Waals surface area contributed by atoms with Gasteiger partial charge in [0, 0.05) is 17.3 Å². The molecule has 0 heterocycles. The van der Waals surface area contributed by atoms with Crippen LogP contribution in [0.1, 0.15) is 12.5 Å². The van der Waals surface area contributed by atoms with Crippen molar-refractivity contribution in [1.29, 1.82) is 0 Å². The van der Waals surface area contributed by atoms with Crippen LogP contribution in [0.3, 0.4) is 0 Å². The molecule has 3 rings (SSSR count). The van der Waals surface area contributed by atoms with Gasteiger partial charge < -0.3 is 14.8 Å². The molecule has 0 aliphatic heterocycles. The summed E-state index contributed by atoms with van der Waals surface area (Å²) in [4.78, 5) is 12.4. The summed E-state index contributed by atoms with van der Waals surface area (Å²) in [6.07, 6.45) is 1.53. The van der Waals surface area contributed by atoms with E-state index in [1.807, 2.05) is 42.5 Å². The van der Waals surface area contributed by atoms with Crippen molar-refractivity contribution >= 4 is 44.5 Å². The predicted octanol–water partition coefficient (Wildman–Crippen LogP) is 4.57. The van der Waals surface area contributed by atoms with Crippen molar-refractivity contribution in [1.82, 2.24) is 5.43 Å². The third-order valence-electron chi connectivity index (χ3n) is 4.41. The van der Waals surface area contributed by atoms with Gasteiger partial charge in [0.25, 0.3) is 5.91 Å². The molecule has 0 aliphatic rings. The van der Waals surface area contributed by atoms with Crippen molar-refractivity contribution in [2.75, 3.05) is 19.5 Å². The molecule has 0 fully saturated rings. The summed E-state index contributed by atoms with van der Waals surface area (Å²) in [7, 11) is 3.14. The Bertz CT molecular complexity index is 1050. The lowest BCUT2D eigenvalue weighted by Crippen LogP contribution is -2.34. The molecule has 2 N–H and O–H groups in total. The molecule has 0 aliphatic carbocycles. The highest BCUT2D eigenvalue weighted by Crippen LogP contribution is 2.31. The van der Waals surface area contributed by atoms with E-state index in [-0.39, 0.29) is 5.91 Å². The highest BCUT2D eigenvalue weighted by atomic mass is 79.9. The lowest BCUT2D eigenvalue weighted by atomic mass is 10.1. The summed E-state index contributed by atoms with van der Waals surface area (Å²) < 4.78 is 11.4. The van der Waals surface area contributed by atoms with Crippen LogP contribution in [0.15, 0.2) is 64.2 Å². The van der Waals surface area contributed by atoms with Gasteiger partial charge in [0.05, 0.1) is 24.9 Å². The van der Waals surface area contributed by atoms with Crippen LogP contribution in [0.5, 0.6) is 11.5 Å². The number of nitrogens with zero attached hydrogens (tertiary/aromatic N) is 1. The zero-order chi connectivity index (χ0) is 20.8. The van der Waals surface area contributed by atoms with Crippen LogP contribution < -0.4 is 20.2 Å². The number of methoxy groups -OCH3 is 2. The summed E-state index contributed by atoms with van der Waals surface area (Å²) in [6, 6.07) is 17.2. The molecule has 0 saturated heterocycles. The molecule has 0 unspecified atom stereocenters. The molecule has 150 valence electrons. The van der Waals surface area contributed by atoms with Crippen LogP contribution in [0.2, 0.25) is 0 Å². The lowest BCUT2D eigenvalue weighted by Gasteiger charge is -2.14. The second kappa shape index (κ2) is 9.43. The third kappa shape index (κ3) is 5.06. The smallest absolute Gasteiger partial charge is 0.262 e. The van der Waals surface area contributed by atoms with Crippen molar-refractivity contribution in [3.05, 3.63) is 64.6 Å². The minimum Gasteiger partial charge on any atom is -0.496 e. The zero-order valence-electron chi connectivity index (χ0n) is 16.4. The highest BCUT2D eigenvalue weighted by molar-refractivity contribution is 9.10. The second-order valence-electron chi connectivity index (χ2n) is 6.39. The Balaban J connectivity index is 1.64. The van der Waals surface area contributed by atoms with Gasteiger partial charge in [0.1, 0.15) is 17.5 Å². The first-order chi connectivity index (χ1) is 14.0. The number of hydrazone groups is 1. The SMILES string of the molecule is COc1cc(OC)c(/C=N\NC(=O)[C@@H](C)Nc2ccc3ccccc3c2)cc1Br. The molecule has 0 radical (unpaired) electrons. The van der Waals surface area contributed by atoms with Crippen LogP contribution in [0.4, 0.5) is 5.69 Å². The Morgan fingerprint density at radius 3 is 2.48 bits per heavy atom. The van der Waals surface area contributed by atoms with E-state index in [1.165, 1.54) is 6.21 Å². The van der Waals surface area contributed by atoms with Crippen LogP contribution >= 0.6 is 15.9 Å². The Kier molecular flexibility index (Phi) is 6.72. The van der Waals surface area contributed by atoms with Gasteiger partial charge >= 0.3 is 0 Å². The van der Waals surface area contributed by atoms with E-state index >= 15 is 0 Å². The molecule has 29 heavy (non-hydrogen) atoms. The van der Waals surface area contributed by atoms with Gasteiger partial charge in [-0.05, 0) is 51.8 Å². The fourth-order valence-electron chi connectivity index (χ4n) is 2.84. The van der Waals surface area contributed by atoms with Crippen LogP contribution in [-0.2, 0) is 4.79 Å². The Morgan fingerprint density at radius 2 is 1.76 bits per heavy atom. The number of hydrogen-bond donors (Lipinski definition) is 2. The number of hydrogen-bond acceptors (Lipinski definition) is 5. The van der Waals surface area contributed by atoms with Gasteiger partial charge in [-0.2, -0.15) is 5.10 Å². The molecular formula is C22H22BrN3O3. The summed E-state index contributed by atoms with van der Waals surface area (Å²) in [5.74, 6) is 0.989. The topological polar surface area (TPSA) is 72.0 Å². The van der Waals surface area contributed by atoms with E-state index in [1.54, 1.807) is 27.2 Å². The predicted molar refractivity (Wildman–Crippen MR) is 120 cm³/mol. The van der Waals surface area contributed by atoms with Crippen molar-refractivity contribution in [2.24, 2.45) is 5.10 Å². The average Bonchev–Trinajstić information content (AvgIpc) is 2.73. The Labute approximate surface area is 178 Å². The van der Waals surface area contributed by atoms with E-state index in [0.717, 1.165) is 20.9 Å². The molecule has 1 atom stereocenters. The maximum absolute atomic E-state index is 12.4. The number of ether oxygens (including phenoxy) is 2. The number of benzene rings is 3. The minimum absolute atomic E-state index is 0.249. The molecule has 6 nitrogen and oxygen atoms in total. The molecule has 0 bridgehead atoms. The van der Waals surface area contributed by atoms with E-state index < -0.39 is 6.04 Å². The monoisotopic (exact) mass is 455 g/mol. The number of fused-ring (bicyclic) bond motifs is 1. The Morgan fingerprint density at radius 1 is 1.03 bits per heavy atom. The molecule has 7 heteroatoms. The molecule has 1 amide bonds. The fourth-order valence-corrected chi connectivity index (χ4v) is 3.36. The van der Waals surface area contributed by atoms with Crippen molar-refractivity contribution in [2.45, 2.75) is 13.0 Å². The maximum atomic E-state index is 12.4. The second-order valence-corrected chi connectivity index (χ2v) is 7.25. The van der Waals surface area contributed by atoms with Gasteiger partial charge in [-0.15, -0.1) is 0 Å². The van der Waals surface area contributed by atoms with Crippen molar-refractivity contribution in [3.63, 3.8) is 0 Å². The number of carbonyl (C=O) groups is 1. The standard InChI is InChI=1S/C22H22BrN3O3/c1-14(25-18-9-8-15-6-4-5-7-16(15)10-18)22(27)26-24-13-17-11-19(23)21(29-3)12-20(17)28-2/h4-14,25H,1-3H3,(H,26,27)/b24-13-/t14-/m1/s1.